The average Bonchev–Trinajstić information content (AvgIpc) is 3.46. The van der Waals surface area contributed by atoms with E-state index in [9.17, 15) is 9.59 Å². The summed E-state index contributed by atoms with van der Waals surface area (Å²) >= 11 is 0. The number of nitrogens with zero attached hydrogens (tertiary/aromatic N) is 2. The Morgan fingerprint density at radius 2 is 1.96 bits per heavy atom. The Labute approximate surface area is 145 Å². The van der Waals surface area contributed by atoms with Crippen LogP contribution in [0.2, 0.25) is 0 Å². The van der Waals surface area contributed by atoms with Crippen molar-refractivity contribution >= 4 is 17.9 Å². The topological polar surface area (TPSA) is 98.0 Å². The van der Waals surface area contributed by atoms with Crippen molar-refractivity contribution in [3.05, 3.63) is 52.6 Å². The summed E-state index contributed by atoms with van der Waals surface area (Å²) in [6, 6.07) is 3.73. The SMILES string of the molecule is NC1CCc2c(ccc(C(=O)Nc3cnc(C4CC4)nc3)c2C=O)C1. The number of nitrogens with one attached hydrogen (secondary N) is 1. The van der Waals surface area contributed by atoms with E-state index in [1.54, 1.807) is 18.5 Å². The fourth-order valence-corrected chi connectivity index (χ4v) is 3.40. The van der Waals surface area contributed by atoms with Crippen LogP contribution in [0.1, 0.15) is 62.8 Å². The zero-order chi connectivity index (χ0) is 17.4. The molecule has 1 atom stereocenters. The summed E-state index contributed by atoms with van der Waals surface area (Å²) in [6.45, 7) is 0. The van der Waals surface area contributed by atoms with Gasteiger partial charge in [-0.3, -0.25) is 9.59 Å². The number of anilines is 1. The molecule has 1 aromatic carbocycles. The van der Waals surface area contributed by atoms with E-state index in [-0.39, 0.29) is 11.9 Å². The Bertz CT molecular complexity index is 828. The normalized spacial score (nSPS) is 19.2. The van der Waals surface area contributed by atoms with Crippen LogP contribution < -0.4 is 11.1 Å². The lowest BCUT2D eigenvalue weighted by atomic mass is 9.84. The van der Waals surface area contributed by atoms with Gasteiger partial charge in [0.2, 0.25) is 0 Å². The number of aldehydes is 1. The van der Waals surface area contributed by atoms with E-state index in [1.807, 2.05) is 6.07 Å². The van der Waals surface area contributed by atoms with Gasteiger partial charge in [-0.25, -0.2) is 9.97 Å². The molecule has 6 heteroatoms. The molecule has 4 rings (SSSR count). The van der Waals surface area contributed by atoms with E-state index >= 15 is 0 Å². The molecule has 0 radical (unpaired) electrons. The van der Waals surface area contributed by atoms with Gasteiger partial charge in [-0.05, 0) is 49.3 Å². The lowest BCUT2D eigenvalue weighted by molar-refractivity contribution is 0.101. The highest BCUT2D eigenvalue weighted by molar-refractivity contribution is 6.09. The van der Waals surface area contributed by atoms with Crippen LogP contribution in [0.5, 0.6) is 0 Å². The molecule has 1 fully saturated rings. The van der Waals surface area contributed by atoms with Crippen LogP contribution in [-0.2, 0) is 12.8 Å². The molecule has 1 heterocycles. The first-order valence-electron chi connectivity index (χ1n) is 8.64. The monoisotopic (exact) mass is 336 g/mol. The van der Waals surface area contributed by atoms with Crippen molar-refractivity contribution in [1.29, 1.82) is 0 Å². The second-order valence-corrected chi connectivity index (χ2v) is 6.84. The first-order chi connectivity index (χ1) is 12.2. The van der Waals surface area contributed by atoms with Gasteiger partial charge >= 0.3 is 0 Å². The summed E-state index contributed by atoms with van der Waals surface area (Å²) in [5, 5.41) is 2.79. The molecule has 25 heavy (non-hydrogen) atoms. The second-order valence-electron chi connectivity index (χ2n) is 6.84. The number of benzene rings is 1. The van der Waals surface area contributed by atoms with Gasteiger partial charge in [0.25, 0.3) is 5.91 Å². The van der Waals surface area contributed by atoms with Gasteiger partial charge in [-0.1, -0.05) is 6.07 Å². The van der Waals surface area contributed by atoms with Crippen LogP contribution >= 0.6 is 0 Å². The third-order valence-electron chi connectivity index (χ3n) is 4.94. The van der Waals surface area contributed by atoms with Crippen LogP contribution in [0.3, 0.4) is 0 Å². The standard InChI is InChI=1S/C19H20N4O2/c20-13-4-6-15-12(7-13)3-5-16(17(15)10-24)19(25)23-14-8-21-18(22-9-14)11-1-2-11/h3,5,8-11,13H,1-2,4,6-7,20H2,(H,23,25). The van der Waals surface area contributed by atoms with Crippen LogP contribution in [-0.4, -0.2) is 28.2 Å². The van der Waals surface area contributed by atoms with Crippen LogP contribution in [0.25, 0.3) is 0 Å². The molecule has 128 valence electrons. The molecule has 0 bridgehead atoms. The predicted octanol–water partition coefficient (Wildman–Crippen LogP) is 2.23. The van der Waals surface area contributed by atoms with Crippen molar-refractivity contribution in [3.8, 4) is 0 Å². The maximum absolute atomic E-state index is 12.6. The molecule has 2 aromatic rings. The van der Waals surface area contributed by atoms with Gasteiger partial charge in [0.1, 0.15) is 5.82 Å². The quantitative estimate of drug-likeness (QED) is 0.834. The van der Waals surface area contributed by atoms with E-state index in [1.165, 1.54) is 0 Å². The number of fused-ring (bicyclic) bond motifs is 1. The van der Waals surface area contributed by atoms with Gasteiger partial charge in [0.05, 0.1) is 23.6 Å². The van der Waals surface area contributed by atoms with Crippen molar-refractivity contribution in [3.63, 3.8) is 0 Å². The summed E-state index contributed by atoms with van der Waals surface area (Å²) in [4.78, 5) is 32.9. The highest BCUT2D eigenvalue weighted by Crippen LogP contribution is 2.37. The van der Waals surface area contributed by atoms with Crippen LogP contribution in [0.15, 0.2) is 24.5 Å². The van der Waals surface area contributed by atoms with Crippen molar-refractivity contribution in [2.24, 2.45) is 5.73 Å². The van der Waals surface area contributed by atoms with Crippen molar-refractivity contribution in [1.82, 2.24) is 9.97 Å². The average molecular weight is 336 g/mol. The molecule has 0 spiro atoms. The minimum atomic E-state index is -0.317. The van der Waals surface area contributed by atoms with Crippen molar-refractivity contribution in [2.45, 2.75) is 44.1 Å². The molecule has 6 nitrogen and oxygen atoms in total. The van der Waals surface area contributed by atoms with Gasteiger partial charge < -0.3 is 11.1 Å². The molecule has 0 saturated heterocycles. The lowest BCUT2D eigenvalue weighted by Gasteiger charge is -2.23. The predicted molar refractivity (Wildman–Crippen MR) is 93.8 cm³/mol. The van der Waals surface area contributed by atoms with Crippen LogP contribution in [0, 0.1) is 0 Å². The summed E-state index contributed by atoms with van der Waals surface area (Å²) in [7, 11) is 0. The fraction of sp³-hybridized carbons (Fsp3) is 0.368. The number of rotatable bonds is 4. The molecule has 1 unspecified atom stereocenters. The van der Waals surface area contributed by atoms with Crippen LogP contribution in [0.4, 0.5) is 5.69 Å². The van der Waals surface area contributed by atoms with Gasteiger partial charge in [-0.15, -0.1) is 0 Å². The Kier molecular flexibility index (Phi) is 4.05. The third-order valence-corrected chi connectivity index (χ3v) is 4.94. The molecular formula is C19H20N4O2. The highest BCUT2D eigenvalue weighted by atomic mass is 16.1. The number of carbonyl (C=O) groups excluding carboxylic acids is 2. The van der Waals surface area contributed by atoms with E-state index in [0.29, 0.717) is 22.7 Å². The molecule has 2 aliphatic carbocycles. The molecule has 0 aliphatic heterocycles. The number of amides is 1. The largest absolute Gasteiger partial charge is 0.327 e. The van der Waals surface area contributed by atoms with Crippen molar-refractivity contribution in [2.75, 3.05) is 5.32 Å². The van der Waals surface area contributed by atoms with Crippen molar-refractivity contribution < 1.29 is 9.59 Å². The summed E-state index contributed by atoms with van der Waals surface area (Å²) < 4.78 is 0. The minimum Gasteiger partial charge on any atom is -0.327 e. The zero-order valence-electron chi connectivity index (χ0n) is 13.9. The highest BCUT2D eigenvalue weighted by Gasteiger charge is 2.26. The Balaban J connectivity index is 1.58. The van der Waals surface area contributed by atoms with E-state index in [4.69, 9.17) is 5.73 Å². The number of hydrogen-bond acceptors (Lipinski definition) is 5. The number of carbonyl (C=O) groups is 2. The Hall–Kier alpha value is -2.60. The summed E-state index contributed by atoms with van der Waals surface area (Å²) in [5.74, 6) is 0.984. The van der Waals surface area contributed by atoms with Gasteiger partial charge in [-0.2, -0.15) is 0 Å². The molecule has 1 amide bonds. The van der Waals surface area contributed by atoms with E-state index < -0.39 is 0 Å². The molecular weight excluding hydrogens is 316 g/mol. The molecule has 1 saturated carbocycles. The number of hydrogen-bond donors (Lipinski definition) is 2. The Morgan fingerprint density at radius 3 is 2.64 bits per heavy atom. The second kappa shape index (κ2) is 6.37. The van der Waals surface area contributed by atoms with E-state index in [2.05, 4.69) is 15.3 Å². The smallest absolute Gasteiger partial charge is 0.256 e. The maximum atomic E-state index is 12.6. The lowest BCUT2D eigenvalue weighted by Crippen LogP contribution is -2.29. The molecule has 2 aliphatic rings. The summed E-state index contributed by atoms with van der Waals surface area (Å²) in [5.41, 5.74) is 9.40. The summed E-state index contributed by atoms with van der Waals surface area (Å²) in [6.07, 6.45) is 8.58. The third kappa shape index (κ3) is 3.17. The minimum absolute atomic E-state index is 0.119. The first kappa shape index (κ1) is 15.9. The molecule has 1 aromatic heterocycles. The molecule has 3 N–H and O–H groups in total. The number of nitrogens with two attached hydrogens (primary N) is 1. The zero-order valence-corrected chi connectivity index (χ0v) is 13.9. The Morgan fingerprint density at radius 1 is 1.20 bits per heavy atom. The maximum Gasteiger partial charge on any atom is 0.256 e. The number of aromatic nitrogens is 2. The van der Waals surface area contributed by atoms with Gasteiger partial charge in [0, 0.05) is 17.5 Å². The van der Waals surface area contributed by atoms with E-state index in [0.717, 1.165) is 55.3 Å². The van der Waals surface area contributed by atoms with Gasteiger partial charge in [0.15, 0.2) is 6.29 Å². The first-order valence-corrected chi connectivity index (χ1v) is 8.64. The fourth-order valence-electron chi connectivity index (χ4n) is 3.40.